The summed E-state index contributed by atoms with van der Waals surface area (Å²) in [5, 5.41) is 7.51. The number of hydrogen-bond acceptors (Lipinski definition) is 5. The van der Waals surface area contributed by atoms with Crippen LogP contribution < -0.4 is 5.32 Å². The monoisotopic (exact) mass is 396 g/mol. The zero-order chi connectivity index (χ0) is 18.6. The molecule has 1 saturated heterocycles. The molecule has 0 bridgehead atoms. The van der Waals surface area contributed by atoms with Gasteiger partial charge < -0.3 is 9.84 Å². The van der Waals surface area contributed by atoms with Crippen molar-refractivity contribution in [2.45, 2.75) is 25.7 Å². The maximum atomic E-state index is 11.9. The van der Waals surface area contributed by atoms with Crippen LogP contribution in [0.4, 0.5) is 0 Å². The van der Waals surface area contributed by atoms with Crippen LogP contribution in [0, 0.1) is 5.92 Å². The molecule has 6 nitrogen and oxygen atoms in total. The quantitative estimate of drug-likeness (QED) is 0.777. The number of nitrogens with one attached hydrogen (secondary N) is 1. The zero-order valence-corrected chi connectivity index (χ0v) is 15.9. The molecule has 26 heavy (non-hydrogen) atoms. The van der Waals surface area contributed by atoms with E-state index in [2.05, 4.69) is 10.5 Å². The number of benzene rings is 1. The van der Waals surface area contributed by atoms with Gasteiger partial charge in [0.2, 0.25) is 5.91 Å². The van der Waals surface area contributed by atoms with Crippen LogP contribution in [0.25, 0.3) is 11.3 Å². The summed E-state index contributed by atoms with van der Waals surface area (Å²) < 4.78 is 28.1. The molecule has 1 atom stereocenters. The van der Waals surface area contributed by atoms with Crippen LogP contribution in [-0.4, -0.2) is 37.5 Å². The number of hydrogen-bond donors (Lipinski definition) is 1. The van der Waals surface area contributed by atoms with Crippen molar-refractivity contribution >= 4 is 27.3 Å². The topological polar surface area (TPSA) is 89.3 Å². The molecule has 0 aliphatic carbocycles. The van der Waals surface area contributed by atoms with Crippen LogP contribution in [0.15, 0.2) is 34.9 Å². The molecule has 1 unspecified atom stereocenters. The van der Waals surface area contributed by atoms with Crippen molar-refractivity contribution in [3.63, 3.8) is 0 Å². The molecule has 1 fully saturated rings. The highest BCUT2D eigenvalue weighted by Crippen LogP contribution is 2.23. The Bertz CT molecular complexity index is 862. The molecule has 140 valence electrons. The summed E-state index contributed by atoms with van der Waals surface area (Å²) in [6.45, 7) is 0.467. The fourth-order valence-electron chi connectivity index (χ4n) is 3.03. The molecule has 1 aliphatic heterocycles. The van der Waals surface area contributed by atoms with Crippen molar-refractivity contribution < 1.29 is 17.7 Å². The van der Waals surface area contributed by atoms with E-state index in [1.807, 2.05) is 18.2 Å². The van der Waals surface area contributed by atoms with Gasteiger partial charge in [-0.3, -0.25) is 4.79 Å². The number of carbonyl (C=O) groups excluding carboxylic acids is 1. The third-order valence-electron chi connectivity index (χ3n) is 4.50. The minimum absolute atomic E-state index is 0.0595. The lowest BCUT2D eigenvalue weighted by atomic mass is 10.0. The van der Waals surface area contributed by atoms with E-state index in [9.17, 15) is 13.2 Å². The Morgan fingerprint density at radius 1 is 1.31 bits per heavy atom. The van der Waals surface area contributed by atoms with Crippen LogP contribution in [-0.2, 0) is 21.1 Å². The lowest BCUT2D eigenvalue weighted by Gasteiger charge is -2.07. The summed E-state index contributed by atoms with van der Waals surface area (Å²) in [5.74, 6) is 1.18. The molecule has 0 spiro atoms. The highest BCUT2D eigenvalue weighted by molar-refractivity contribution is 7.91. The molecule has 0 radical (unpaired) electrons. The van der Waals surface area contributed by atoms with E-state index in [1.54, 1.807) is 12.1 Å². The van der Waals surface area contributed by atoms with Gasteiger partial charge in [-0.25, -0.2) is 8.42 Å². The first-order chi connectivity index (χ1) is 12.4. The van der Waals surface area contributed by atoms with Crippen molar-refractivity contribution in [3.8, 4) is 11.3 Å². The van der Waals surface area contributed by atoms with E-state index in [-0.39, 0.29) is 23.3 Å². The zero-order valence-electron chi connectivity index (χ0n) is 14.3. The van der Waals surface area contributed by atoms with Crippen LogP contribution in [0.3, 0.4) is 0 Å². The Hall–Kier alpha value is -1.86. The second-order valence-corrected chi connectivity index (χ2v) is 9.26. The second kappa shape index (κ2) is 8.22. The number of aromatic nitrogens is 1. The smallest absolute Gasteiger partial charge is 0.220 e. The third-order valence-corrected chi connectivity index (χ3v) is 6.59. The number of nitrogens with zero attached hydrogens (tertiary/aromatic N) is 1. The minimum Gasteiger partial charge on any atom is -0.356 e. The molecule has 2 aromatic rings. The van der Waals surface area contributed by atoms with Gasteiger partial charge in [0, 0.05) is 36.0 Å². The van der Waals surface area contributed by atoms with Crippen LogP contribution >= 0.6 is 11.6 Å². The normalized spacial score (nSPS) is 18.7. The van der Waals surface area contributed by atoms with Gasteiger partial charge in [0.05, 0.1) is 17.2 Å². The molecule has 0 saturated carbocycles. The van der Waals surface area contributed by atoms with E-state index in [1.165, 1.54) is 0 Å². The van der Waals surface area contributed by atoms with E-state index >= 15 is 0 Å². The van der Waals surface area contributed by atoms with Gasteiger partial charge in [-0.2, -0.15) is 0 Å². The molecule has 3 rings (SSSR count). The molecule has 1 aromatic carbocycles. The summed E-state index contributed by atoms with van der Waals surface area (Å²) in [4.78, 5) is 11.9. The Kier molecular flexibility index (Phi) is 5.98. The highest BCUT2D eigenvalue weighted by Gasteiger charge is 2.27. The number of sulfone groups is 1. The lowest BCUT2D eigenvalue weighted by molar-refractivity contribution is -0.121. The van der Waals surface area contributed by atoms with E-state index < -0.39 is 9.84 Å². The van der Waals surface area contributed by atoms with E-state index in [0.717, 1.165) is 11.3 Å². The van der Waals surface area contributed by atoms with Gasteiger partial charge >= 0.3 is 0 Å². The van der Waals surface area contributed by atoms with Gasteiger partial charge in [-0.1, -0.05) is 16.8 Å². The first-order valence-corrected chi connectivity index (χ1v) is 10.8. The lowest BCUT2D eigenvalue weighted by Crippen LogP contribution is -2.26. The third kappa shape index (κ3) is 5.32. The molecule has 1 amide bonds. The maximum Gasteiger partial charge on any atom is 0.220 e. The van der Waals surface area contributed by atoms with Crippen molar-refractivity contribution in [3.05, 3.63) is 41.0 Å². The van der Waals surface area contributed by atoms with Crippen molar-refractivity contribution in [2.24, 2.45) is 5.92 Å². The maximum absolute atomic E-state index is 11.9. The summed E-state index contributed by atoms with van der Waals surface area (Å²) in [6.07, 6.45) is 2.22. The van der Waals surface area contributed by atoms with E-state index in [0.29, 0.717) is 43.0 Å². The number of halogens is 1. The molecule has 8 heteroatoms. The second-order valence-electron chi connectivity index (χ2n) is 6.60. The molecule has 1 N–H and O–H groups in total. The Balaban J connectivity index is 1.39. The molecular weight excluding hydrogens is 376 g/mol. The van der Waals surface area contributed by atoms with Crippen molar-refractivity contribution in [1.82, 2.24) is 10.5 Å². The van der Waals surface area contributed by atoms with Gasteiger partial charge in [-0.05, 0) is 43.0 Å². The van der Waals surface area contributed by atoms with Gasteiger partial charge in [0.25, 0.3) is 0 Å². The number of rotatable bonds is 7. The molecular formula is C18H21ClN2O4S. The highest BCUT2D eigenvalue weighted by atomic mass is 35.5. The van der Waals surface area contributed by atoms with Gasteiger partial charge in [0.1, 0.15) is 0 Å². The first kappa shape index (κ1) is 18.9. The fourth-order valence-corrected chi connectivity index (χ4v) is 5.07. The summed E-state index contributed by atoms with van der Waals surface area (Å²) in [7, 11) is -2.88. The molecule has 1 aliphatic rings. The van der Waals surface area contributed by atoms with Gasteiger partial charge in [0.15, 0.2) is 15.6 Å². The first-order valence-electron chi connectivity index (χ1n) is 8.60. The van der Waals surface area contributed by atoms with E-state index in [4.69, 9.17) is 16.1 Å². The summed E-state index contributed by atoms with van der Waals surface area (Å²) in [5.41, 5.74) is 1.65. The molecule has 2 heterocycles. The minimum atomic E-state index is -2.88. The van der Waals surface area contributed by atoms with Gasteiger partial charge in [-0.15, -0.1) is 0 Å². The predicted molar refractivity (Wildman–Crippen MR) is 99.7 cm³/mol. The van der Waals surface area contributed by atoms with Crippen molar-refractivity contribution in [1.29, 1.82) is 0 Å². The predicted octanol–water partition coefficient (Wildman–Crippen LogP) is 2.87. The summed E-state index contributed by atoms with van der Waals surface area (Å²) in [6, 6.07) is 9.14. The average molecular weight is 397 g/mol. The summed E-state index contributed by atoms with van der Waals surface area (Å²) >= 11 is 5.87. The fraction of sp³-hybridized carbons (Fsp3) is 0.444. The Labute approximate surface area is 157 Å². The van der Waals surface area contributed by atoms with Crippen LogP contribution in [0.5, 0.6) is 0 Å². The number of carbonyl (C=O) groups is 1. The molecule has 1 aromatic heterocycles. The Morgan fingerprint density at radius 3 is 2.77 bits per heavy atom. The van der Waals surface area contributed by atoms with Crippen LogP contribution in [0.2, 0.25) is 5.02 Å². The number of amides is 1. The largest absolute Gasteiger partial charge is 0.356 e. The Morgan fingerprint density at radius 2 is 2.08 bits per heavy atom. The average Bonchev–Trinajstić information content (AvgIpc) is 3.20. The SMILES string of the molecule is O=C(CCC1CCS(=O)(=O)C1)NCCc1cc(-c2ccc(Cl)cc2)on1. The van der Waals surface area contributed by atoms with Crippen LogP contribution in [0.1, 0.15) is 25.0 Å². The van der Waals surface area contributed by atoms with Crippen molar-refractivity contribution in [2.75, 3.05) is 18.1 Å². The standard InChI is InChI=1S/C18H21ClN2O4S/c19-15-4-2-14(3-5-15)17-11-16(21-25-17)7-9-20-18(22)6-1-13-8-10-26(23,24)12-13/h2-5,11,13H,1,6-10,12H2,(H,20,22).